The standard InChI is InChI=1S/C19H27NS/c1-6-8-17(18-9-7-10-21-18)20-16(5)19-14(3)11-13(2)12-15(19)4/h7,9-12,16-17,20H,6,8H2,1-5H3. The zero-order chi connectivity index (χ0) is 15.4. The first-order valence-electron chi connectivity index (χ1n) is 7.90. The van der Waals surface area contributed by atoms with Crippen LogP contribution < -0.4 is 5.32 Å². The summed E-state index contributed by atoms with van der Waals surface area (Å²) in [5.74, 6) is 0. The summed E-state index contributed by atoms with van der Waals surface area (Å²) in [6, 6.07) is 9.83. The van der Waals surface area contributed by atoms with Gasteiger partial charge in [0.25, 0.3) is 0 Å². The third kappa shape index (κ3) is 3.96. The molecule has 0 aliphatic heterocycles. The predicted octanol–water partition coefficient (Wildman–Crippen LogP) is 5.87. The van der Waals surface area contributed by atoms with Crippen LogP contribution >= 0.6 is 11.3 Å². The molecule has 2 heteroatoms. The minimum Gasteiger partial charge on any atom is -0.303 e. The molecule has 0 aliphatic carbocycles. The lowest BCUT2D eigenvalue weighted by molar-refractivity contribution is 0.443. The Balaban J connectivity index is 2.21. The largest absolute Gasteiger partial charge is 0.303 e. The maximum Gasteiger partial charge on any atom is 0.0419 e. The normalized spacial score (nSPS) is 14.1. The van der Waals surface area contributed by atoms with Crippen LogP contribution in [0.5, 0.6) is 0 Å². The van der Waals surface area contributed by atoms with Gasteiger partial charge >= 0.3 is 0 Å². The van der Waals surface area contributed by atoms with E-state index in [4.69, 9.17) is 0 Å². The van der Waals surface area contributed by atoms with Crippen molar-refractivity contribution in [3.8, 4) is 0 Å². The third-order valence-electron chi connectivity index (χ3n) is 4.09. The Morgan fingerprint density at radius 1 is 1.14 bits per heavy atom. The molecule has 2 atom stereocenters. The number of benzene rings is 1. The maximum absolute atomic E-state index is 3.85. The van der Waals surface area contributed by atoms with E-state index in [-0.39, 0.29) is 0 Å². The zero-order valence-electron chi connectivity index (χ0n) is 13.9. The van der Waals surface area contributed by atoms with E-state index in [2.05, 4.69) is 69.6 Å². The van der Waals surface area contributed by atoms with Gasteiger partial charge < -0.3 is 5.32 Å². The second-order valence-corrected chi connectivity index (χ2v) is 7.04. The molecule has 0 saturated heterocycles. The first-order valence-corrected chi connectivity index (χ1v) is 8.78. The van der Waals surface area contributed by atoms with Gasteiger partial charge in [-0.1, -0.05) is 37.1 Å². The van der Waals surface area contributed by atoms with Gasteiger partial charge in [0.2, 0.25) is 0 Å². The van der Waals surface area contributed by atoms with Crippen LogP contribution in [0.25, 0.3) is 0 Å². The van der Waals surface area contributed by atoms with Gasteiger partial charge in [0, 0.05) is 17.0 Å². The molecule has 114 valence electrons. The van der Waals surface area contributed by atoms with E-state index < -0.39 is 0 Å². The first-order chi connectivity index (χ1) is 10.0. The topological polar surface area (TPSA) is 12.0 Å². The number of hydrogen-bond acceptors (Lipinski definition) is 2. The van der Waals surface area contributed by atoms with Crippen LogP contribution in [0.4, 0.5) is 0 Å². The molecule has 2 aromatic rings. The summed E-state index contributed by atoms with van der Waals surface area (Å²) in [5, 5.41) is 6.02. The lowest BCUT2D eigenvalue weighted by Crippen LogP contribution is -2.25. The van der Waals surface area contributed by atoms with Gasteiger partial charge in [-0.15, -0.1) is 11.3 Å². The van der Waals surface area contributed by atoms with E-state index in [1.54, 1.807) is 0 Å². The fourth-order valence-corrected chi connectivity index (χ4v) is 4.17. The number of hydrogen-bond donors (Lipinski definition) is 1. The molecule has 1 nitrogen and oxygen atoms in total. The molecule has 0 saturated carbocycles. The minimum absolute atomic E-state index is 0.379. The average Bonchev–Trinajstić information content (AvgIpc) is 2.90. The molecule has 0 fully saturated rings. The quantitative estimate of drug-likeness (QED) is 0.704. The molecule has 1 N–H and O–H groups in total. The van der Waals surface area contributed by atoms with Gasteiger partial charge in [-0.25, -0.2) is 0 Å². The Bertz CT molecular complexity index is 548. The van der Waals surface area contributed by atoms with Gasteiger partial charge in [-0.2, -0.15) is 0 Å². The Labute approximate surface area is 133 Å². The first kappa shape index (κ1) is 16.3. The highest BCUT2D eigenvalue weighted by atomic mass is 32.1. The summed E-state index contributed by atoms with van der Waals surface area (Å²) in [6.07, 6.45) is 2.39. The smallest absolute Gasteiger partial charge is 0.0419 e. The zero-order valence-corrected chi connectivity index (χ0v) is 14.7. The number of rotatable bonds is 6. The minimum atomic E-state index is 0.379. The highest BCUT2D eigenvalue weighted by Crippen LogP contribution is 2.29. The van der Waals surface area contributed by atoms with Gasteiger partial charge in [0.1, 0.15) is 0 Å². The highest BCUT2D eigenvalue weighted by molar-refractivity contribution is 7.10. The van der Waals surface area contributed by atoms with Crippen molar-refractivity contribution in [3.63, 3.8) is 0 Å². The average molecular weight is 301 g/mol. The van der Waals surface area contributed by atoms with Crippen molar-refractivity contribution in [2.75, 3.05) is 0 Å². The summed E-state index contributed by atoms with van der Waals surface area (Å²) in [6.45, 7) is 11.2. The monoisotopic (exact) mass is 301 g/mol. The molecule has 0 radical (unpaired) electrons. The summed E-state index contributed by atoms with van der Waals surface area (Å²) >= 11 is 1.86. The van der Waals surface area contributed by atoms with Crippen LogP contribution in [0.3, 0.4) is 0 Å². The van der Waals surface area contributed by atoms with E-state index in [1.165, 1.54) is 40.0 Å². The molecular weight excluding hydrogens is 274 g/mol. The van der Waals surface area contributed by atoms with Crippen molar-refractivity contribution >= 4 is 11.3 Å². The van der Waals surface area contributed by atoms with E-state index in [0.29, 0.717) is 12.1 Å². The number of nitrogens with one attached hydrogen (secondary N) is 1. The molecule has 0 spiro atoms. The molecular formula is C19H27NS. The molecule has 0 aliphatic rings. The highest BCUT2D eigenvalue weighted by Gasteiger charge is 2.18. The summed E-state index contributed by atoms with van der Waals surface area (Å²) in [4.78, 5) is 1.45. The van der Waals surface area contributed by atoms with Crippen LogP contribution in [0.1, 0.15) is 65.9 Å². The van der Waals surface area contributed by atoms with Crippen molar-refractivity contribution in [2.45, 2.75) is 59.5 Å². The van der Waals surface area contributed by atoms with Crippen molar-refractivity contribution in [3.05, 3.63) is 56.8 Å². The van der Waals surface area contributed by atoms with E-state index in [0.717, 1.165) is 0 Å². The van der Waals surface area contributed by atoms with Crippen LogP contribution in [-0.4, -0.2) is 0 Å². The molecule has 1 aromatic carbocycles. The van der Waals surface area contributed by atoms with Crippen molar-refractivity contribution in [1.82, 2.24) is 5.32 Å². The second-order valence-electron chi connectivity index (χ2n) is 6.06. The van der Waals surface area contributed by atoms with Gasteiger partial charge in [0.05, 0.1) is 0 Å². The molecule has 0 bridgehead atoms. The van der Waals surface area contributed by atoms with E-state index in [9.17, 15) is 0 Å². The predicted molar refractivity (Wildman–Crippen MR) is 94.2 cm³/mol. The molecule has 1 aromatic heterocycles. The Morgan fingerprint density at radius 2 is 1.81 bits per heavy atom. The lowest BCUT2D eigenvalue weighted by Gasteiger charge is -2.25. The summed E-state index contributed by atoms with van der Waals surface area (Å²) in [5.41, 5.74) is 5.60. The maximum atomic E-state index is 3.85. The molecule has 1 heterocycles. The van der Waals surface area contributed by atoms with Gasteiger partial charge in [-0.05, 0) is 62.3 Å². The fraction of sp³-hybridized carbons (Fsp3) is 0.474. The molecule has 21 heavy (non-hydrogen) atoms. The third-order valence-corrected chi connectivity index (χ3v) is 5.07. The van der Waals surface area contributed by atoms with Crippen LogP contribution in [0.2, 0.25) is 0 Å². The molecule has 0 amide bonds. The van der Waals surface area contributed by atoms with Crippen LogP contribution in [-0.2, 0) is 0 Å². The van der Waals surface area contributed by atoms with Crippen LogP contribution in [0.15, 0.2) is 29.6 Å². The van der Waals surface area contributed by atoms with E-state index >= 15 is 0 Å². The summed E-state index contributed by atoms with van der Waals surface area (Å²) in [7, 11) is 0. The Morgan fingerprint density at radius 3 is 2.33 bits per heavy atom. The van der Waals surface area contributed by atoms with Crippen LogP contribution in [0, 0.1) is 20.8 Å². The SMILES string of the molecule is CCCC(NC(C)c1c(C)cc(C)cc1C)c1cccs1. The lowest BCUT2D eigenvalue weighted by atomic mass is 9.94. The van der Waals surface area contributed by atoms with Crippen molar-refractivity contribution in [2.24, 2.45) is 0 Å². The Kier molecular flexibility index (Phi) is 5.60. The molecule has 2 rings (SSSR count). The van der Waals surface area contributed by atoms with E-state index in [1.807, 2.05) is 11.3 Å². The van der Waals surface area contributed by atoms with Gasteiger partial charge in [0.15, 0.2) is 0 Å². The van der Waals surface area contributed by atoms with Gasteiger partial charge in [-0.3, -0.25) is 0 Å². The second kappa shape index (κ2) is 7.24. The fourth-order valence-electron chi connectivity index (χ4n) is 3.35. The molecule has 2 unspecified atom stereocenters. The Hall–Kier alpha value is -1.12. The van der Waals surface area contributed by atoms with Crippen molar-refractivity contribution < 1.29 is 0 Å². The number of thiophene rings is 1. The van der Waals surface area contributed by atoms with Crippen molar-refractivity contribution in [1.29, 1.82) is 0 Å². The summed E-state index contributed by atoms with van der Waals surface area (Å²) < 4.78 is 0. The number of aryl methyl sites for hydroxylation is 3.